The average Bonchev–Trinajstić information content (AvgIpc) is 2.59. The zero-order chi connectivity index (χ0) is 18.1. The first-order valence-corrected chi connectivity index (χ1v) is 9.82. The maximum absolute atomic E-state index is 11.5. The Morgan fingerprint density at radius 3 is 2.36 bits per heavy atom. The molecule has 25 heavy (non-hydrogen) atoms. The summed E-state index contributed by atoms with van der Waals surface area (Å²) in [7, 11) is -1.82. The SMILES string of the molecule is COc1ccc(NC(=NCCCc2ccccc2)NS(C)(=O)=O)cc1. The van der Waals surface area contributed by atoms with E-state index in [1.165, 1.54) is 5.56 Å². The zero-order valence-electron chi connectivity index (χ0n) is 14.4. The van der Waals surface area contributed by atoms with Gasteiger partial charge in [-0.05, 0) is 42.7 Å². The second kappa shape index (κ2) is 9.08. The number of hydrogen-bond donors (Lipinski definition) is 2. The molecular formula is C18H23N3O3S. The third-order valence-corrected chi connectivity index (χ3v) is 3.94. The summed E-state index contributed by atoms with van der Waals surface area (Å²) in [6.07, 6.45) is 2.81. The van der Waals surface area contributed by atoms with Crippen LogP contribution in [-0.2, 0) is 16.4 Å². The van der Waals surface area contributed by atoms with Gasteiger partial charge in [-0.3, -0.25) is 9.71 Å². The zero-order valence-corrected chi connectivity index (χ0v) is 15.2. The Kier molecular flexibility index (Phi) is 6.82. The molecule has 2 rings (SSSR count). The Hall–Kier alpha value is -2.54. The summed E-state index contributed by atoms with van der Waals surface area (Å²) in [5.41, 5.74) is 1.96. The molecule has 0 bridgehead atoms. The molecule has 2 aromatic rings. The molecule has 6 nitrogen and oxygen atoms in total. The molecule has 0 saturated carbocycles. The molecule has 134 valence electrons. The van der Waals surface area contributed by atoms with Crippen LogP contribution >= 0.6 is 0 Å². The van der Waals surface area contributed by atoms with E-state index in [9.17, 15) is 8.42 Å². The van der Waals surface area contributed by atoms with Crippen molar-refractivity contribution >= 4 is 21.7 Å². The molecule has 0 radical (unpaired) electrons. The monoisotopic (exact) mass is 361 g/mol. The normalized spacial score (nSPS) is 11.8. The predicted octanol–water partition coefficient (Wildman–Crippen LogP) is 2.65. The quantitative estimate of drug-likeness (QED) is 0.451. The van der Waals surface area contributed by atoms with Crippen molar-refractivity contribution < 1.29 is 13.2 Å². The van der Waals surface area contributed by atoms with E-state index in [0.29, 0.717) is 6.54 Å². The Bertz CT molecular complexity index is 788. The van der Waals surface area contributed by atoms with E-state index in [0.717, 1.165) is 30.5 Å². The molecule has 0 saturated heterocycles. The number of benzene rings is 2. The number of anilines is 1. The molecule has 0 spiro atoms. The maximum atomic E-state index is 11.5. The molecule has 0 fully saturated rings. The van der Waals surface area contributed by atoms with Crippen LogP contribution in [0.1, 0.15) is 12.0 Å². The van der Waals surface area contributed by atoms with Crippen LogP contribution in [0.25, 0.3) is 0 Å². The van der Waals surface area contributed by atoms with Gasteiger partial charge in [-0.25, -0.2) is 8.42 Å². The van der Waals surface area contributed by atoms with E-state index in [1.54, 1.807) is 31.4 Å². The van der Waals surface area contributed by atoms with Gasteiger partial charge in [-0.2, -0.15) is 0 Å². The molecule has 0 aromatic heterocycles. The average molecular weight is 361 g/mol. The minimum atomic E-state index is -3.41. The van der Waals surface area contributed by atoms with Gasteiger partial charge in [0, 0.05) is 12.2 Å². The summed E-state index contributed by atoms with van der Waals surface area (Å²) in [5, 5.41) is 2.99. The van der Waals surface area contributed by atoms with Crippen LogP contribution in [0.2, 0.25) is 0 Å². The van der Waals surface area contributed by atoms with Crippen molar-refractivity contribution in [3.8, 4) is 5.75 Å². The molecule has 0 aliphatic carbocycles. The van der Waals surface area contributed by atoms with Crippen LogP contribution in [0.3, 0.4) is 0 Å². The number of ether oxygens (including phenoxy) is 1. The first-order chi connectivity index (χ1) is 12.0. The molecular weight excluding hydrogens is 338 g/mol. The van der Waals surface area contributed by atoms with Crippen LogP contribution < -0.4 is 14.8 Å². The first kappa shape index (κ1) is 18.8. The fourth-order valence-corrected chi connectivity index (χ4v) is 2.67. The lowest BCUT2D eigenvalue weighted by Crippen LogP contribution is -2.35. The molecule has 0 aliphatic heterocycles. The first-order valence-electron chi connectivity index (χ1n) is 7.93. The molecule has 7 heteroatoms. The lowest BCUT2D eigenvalue weighted by molar-refractivity contribution is 0.415. The van der Waals surface area contributed by atoms with Crippen molar-refractivity contribution in [2.24, 2.45) is 4.99 Å². The van der Waals surface area contributed by atoms with Gasteiger partial charge in [0.2, 0.25) is 16.0 Å². The second-order valence-corrected chi connectivity index (χ2v) is 7.30. The fraction of sp³-hybridized carbons (Fsp3) is 0.278. The maximum Gasteiger partial charge on any atom is 0.232 e. The lowest BCUT2D eigenvalue weighted by atomic mass is 10.1. The van der Waals surface area contributed by atoms with Crippen molar-refractivity contribution in [2.45, 2.75) is 12.8 Å². The highest BCUT2D eigenvalue weighted by Crippen LogP contribution is 2.14. The van der Waals surface area contributed by atoms with E-state index in [2.05, 4.69) is 27.2 Å². The number of nitrogens with zero attached hydrogens (tertiary/aromatic N) is 1. The van der Waals surface area contributed by atoms with E-state index < -0.39 is 10.0 Å². The summed E-state index contributed by atoms with van der Waals surface area (Å²) < 4.78 is 30.6. The topological polar surface area (TPSA) is 79.8 Å². The van der Waals surface area contributed by atoms with Gasteiger partial charge in [-0.15, -0.1) is 0 Å². The summed E-state index contributed by atoms with van der Waals surface area (Å²) in [4.78, 5) is 4.35. The van der Waals surface area contributed by atoms with Gasteiger partial charge in [-0.1, -0.05) is 30.3 Å². The number of sulfonamides is 1. The van der Waals surface area contributed by atoms with Gasteiger partial charge in [0.25, 0.3) is 0 Å². The second-order valence-electron chi connectivity index (χ2n) is 5.55. The molecule has 2 aromatic carbocycles. The van der Waals surface area contributed by atoms with Gasteiger partial charge in [0.15, 0.2) is 0 Å². The number of rotatable bonds is 7. The van der Waals surface area contributed by atoms with Crippen molar-refractivity contribution in [3.05, 3.63) is 60.2 Å². The van der Waals surface area contributed by atoms with Crippen LogP contribution in [0, 0.1) is 0 Å². The van der Waals surface area contributed by atoms with Gasteiger partial charge in [0.05, 0.1) is 13.4 Å². The number of nitrogens with one attached hydrogen (secondary N) is 2. The summed E-state index contributed by atoms with van der Waals surface area (Å²) >= 11 is 0. The molecule has 0 unspecified atom stereocenters. The summed E-state index contributed by atoms with van der Waals surface area (Å²) in [6.45, 7) is 0.510. The smallest absolute Gasteiger partial charge is 0.232 e. The highest BCUT2D eigenvalue weighted by molar-refractivity contribution is 7.89. The Morgan fingerprint density at radius 2 is 1.76 bits per heavy atom. The Morgan fingerprint density at radius 1 is 1.08 bits per heavy atom. The minimum absolute atomic E-state index is 0.209. The van der Waals surface area contributed by atoms with Crippen molar-refractivity contribution in [1.29, 1.82) is 0 Å². The van der Waals surface area contributed by atoms with Gasteiger partial charge in [0.1, 0.15) is 5.75 Å². The minimum Gasteiger partial charge on any atom is -0.497 e. The van der Waals surface area contributed by atoms with Crippen LogP contribution in [0.4, 0.5) is 5.69 Å². The fourth-order valence-electron chi connectivity index (χ4n) is 2.20. The van der Waals surface area contributed by atoms with Crippen molar-refractivity contribution in [1.82, 2.24) is 4.72 Å². The number of aliphatic imine (C=N–C) groups is 1. The van der Waals surface area contributed by atoms with Gasteiger partial charge >= 0.3 is 0 Å². The highest BCUT2D eigenvalue weighted by Gasteiger charge is 2.07. The number of methoxy groups -OCH3 is 1. The van der Waals surface area contributed by atoms with Crippen molar-refractivity contribution in [2.75, 3.05) is 25.2 Å². The van der Waals surface area contributed by atoms with Gasteiger partial charge < -0.3 is 10.1 Å². The number of hydrogen-bond acceptors (Lipinski definition) is 4. The third-order valence-electron chi connectivity index (χ3n) is 3.37. The number of aryl methyl sites for hydroxylation is 1. The highest BCUT2D eigenvalue weighted by atomic mass is 32.2. The Balaban J connectivity index is 1.98. The van der Waals surface area contributed by atoms with E-state index in [-0.39, 0.29) is 5.96 Å². The standard InChI is InChI=1S/C18H23N3O3S/c1-24-17-12-10-16(11-13-17)20-18(21-25(2,22)23)19-14-6-9-15-7-4-3-5-8-15/h3-5,7-8,10-13H,6,9,14H2,1-2H3,(H2,19,20,21). The summed E-state index contributed by atoms with van der Waals surface area (Å²) in [5.74, 6) is 0.934. The van der Waals surface area contributed by atoms with E-state index in [4.69, 9.17) is 4.74 Å². The van der Waals surface area contributed by atoms with Crippen molar-refractivity contribution in [3.63, 3.8) is 0 Å². The largest absolute Gasteiger partial charge is 0.497 e. The molecule has 2 N–H and O–H groups in total. The van der Waals surface area contributed by atoms with Crippen LogP contribution in [-0.4, -0.2) is 34.3 Å². The van der Waals surface area contributed by atoms with Crippen LogP contribution in [0.15, 0.2) is 59.6 Å². The summed E-state index contributed by atoms with van der Waals surface area (Å²) in [6, 6.07) is 17.3. The molecule has 0 heterocycles. The van der Waals surface area contributed by atoms with Crippen LogP contribution in [0.5, 0.6) is 5.75 Å². The van der Waals surface area contributed by atoms with E-state index in [1.807, 2.05) is 18.2 Å². The molecule has 0 atom stereocenters. The Labute approximate surface area is 149 Å². The molecule has 0 aliphatic rings. The lowest BCUT2D eigenvalue weighted by Gasteiger charge is -2.11. The third kappa shape index (κ3) is 7.26. The van der Waals surface area contributed by atoms with E-state index >= 15 is 0 Å². The number of guanidine groups is 1. The molecule has 0 amide bonds. The predicted molar refractivity (Wildman–Crippen MR) is 102 cm³/mol.